The third-order valence-corrected chi connectivity index (χ3v) is 5.60. The van der Waals surface area contributed by atoms with E-state index in [1.165, 1.54) is 37.1 Å². The van der Waals surface area contributed by atoms with E-state index in [-0.39, 0.29) is 6.09 Å². The van der Waals surface area contributed by atoms with Crippen molar-refractivity contribution < 1.29 is 9.53 Å². The molecular weight excluding hydrogens is 324 g/mol. The van der Waals surface area contributed by atoms with E-state index in [4.69, 9.17) is 4.74 Å². The van der Waals surface area contributed by atoms with Gasteiger partial charge >= 0.3 is 6.09 Å². The zero-order chi connectivity index (χ0) is 18.9. The second-order valence-corrected chi connectivity index (χ2v) is 9.76. The first-order valence-corrected chi connectivity index (χ1v) is 9.90. The number of hydrogen-bond acceptors (Lipinski definition) is 3. The van der Waals surface area contributed by atoms with E-state index in [0.717, 1.165) is 19.6 Å². The molecule has 2 fully saturated rings. The molecule has 1 aromatic carbocycles. The molecule has 144 valence electrons. The lowest BCUT2D eigenvalue weighted by Gasteiger charge is -2.40. The minimum atomic E-state index is -0.423. The summed E-state index contributed by atoms with van der Waals surface area (Å²) < 4.78 is 5.43. The summed E-state index contributed by atoms with van der Waals surface area (Å²) in [5.74, 6) is 0.437. The van der Waals surface area contributed by atoms with Crippen LogP contribution in [-0.4, -0.2) is 47.7 Å². The molecule has 4 nitrogen and oxygen atoms in total. The first kappa shape index (κ1) is 19.2. The van der Waals surface area contributed by atoms with Gasteiger partial charge in [-0.25, -0.2) is 4.79 Å². The maximum atomic E-state index is 12.0. The van der Waals surface area contributed by atoms with Crippen molar-refractivity contribution in [3.63, 3.8) is 0 Å². The Kier molecular flexibility index (Phi) is 5.34. The number of carbonyl (C=O) groups is 1. The highest BCUT2D eigenvalue weighted by molar-refractivity contribution is 5.69. The Labute approximate surface area is 158 Å². The van der Waals surface area contributed by atoms with Gasteiger partial charge in [-0.2, -0.15) is 0 Å². The number of benzene rings is 1. The molecule has 0 N–H and O–H groups in total. The van der Waals surface area contributed by atoms with Gasteiger partial charge in [-0.1, -0.05) is 38.1 Å². The minimum absolute atomic E-state index is 0.196. The Morgan fingerprint density at radius 1 is 1.12 bits per heavy atom. The molecule has 4 heteroatoms. The van der Waals surface area contributed by atoms with Crippen LogP contribution in [0.25, 0.3) is 0 Å². The Morgan fingerprint density at radius 3 is 2.23 bits per heavy atom. The first-order chi connectivity index (χ1) is 12.1. The van der Waals surface area contributed by atoms with Crippen LogP contribution in [0.1, 0.15) is 64.5 Å². The van der Waals surface area contributed by atoms with Gasteiger partial charge in [-0.3, -0.25) is 4.90 Å². The van der Waals surface area contributed by atoms with E-state index in [0.29, 0.717) is 11.3 Å². The van der Waals surface area contributed by atoms with E-state index in [1.54, 1.807) is 4.90 Å². The van der Waals surface area contributed by atoms with Crippen molar-refractivity contribution in [1.82, 2.24) is 9.80 Å². The quantitative estimate of drug-likeness (QED) is 0.789. The van der Waals surface area contributed by atoms with Gasteiger partial charge in [0.25, 0.3) is 0 Å². The average molecular weight is 359 g/mol. The molecule has 0 radical (unpaired) electrons. The van der Waals surface area contributed by atoms with Gasteiger partial charge in [-0.05, 0) is 63.2 Å². The van der Waals surface area contributed by atoms with Gasteiger partial charge in [0.05, 0.1) is 0 Å². The third-order valence-electron chi connectivity index (χ3n) is 5.60. The fourth-order valence-electron chi connectivity index (χ4n) is 3.63. The van der Waals surface area contributed by atoms with E-state index >= 15 is 0 Å². The third kappa shape index (κ3) is 5.00. The molecule has 0 atom stereocenters. The summed E-state index contributed by atoms with van der Waals surface area (Å²) in [7, 11) is 0. The summed E-state index contributed by atoms with van der Waals surface area (Å²) in [6, 6.07) is 8.98. The normalized spacial score (nSPS) is 21.3. The van der Waals surface area contributed by atoms with Gasteiger partial charge in [0.1, 0.15) is 5.60 Å². The molecule has 1 aromatic rings. The topological polar surface area (TPSA) is 32.8 Å². The van der Waals surface area contributed by atoms with Crippen LogP contribution in [0, 0.1) is 5.41 Å². The number of likely N-dealkylation sites (tertiary alicyclic amines) is 2. The second-order valence-electron chi connectivity index (χ2n) is 9.76. The highest BCUT2D eigenvalue weighted by Gasteiger charge is 2.34. The van der Waals surface area contributed by atoms with E-state index in [2.05, 4.69) is 43.0 Å². The molecule has 0 unspecified atom stereocenters. The van der Waals surface area contributed by atoms with Gasteiger partial charge in [0.15, 0.2) is 0 Å². The maximum absolute atomic E-state index is 12.0. The van der Waals surface area contributed by atoms with Crippen LogP contribution in [-0.2, 0) is 11.3 Å². The molecule has 0 aromatic heterocycles. The molecule has 2 saturated heterocycles. The van der Waals surface area contributed by atoms with Gasteiger partial charge < -0.3 is 9.64 Å². The van der Waals surface area contributed by atoms with Crippen LogP contribution >= 0.6 is 0 Å². The van der Waals surface area contributed by atoms with Crippen molar-refractivity contribution in [2.45, 2.75) is 65.5 Å². The van der Waals surface area contributed by atoms with Crippen LogP contribution < -0.4 is 0 Å². The molecule has 1 amide bonds. The lowest BCUT2D eigenvalue weighted by molar-refractivity contribution is 0.00819. The molecular formula is C22H34N2O2. The Bertz CT molecular complexity index is 615. The molecule has 3 rings (SSSR count). The lowest BCUT2D eigenvalue weighted by atomic mass is 9.82. The summed E-state index contributed by atoms with van der Waals surface area (Å²) >= 11 is 0. The van der Waals surface area contributed by atoms with Crippen molar-refractivity contribution in [1.29, 1.82) is 0 Å². The first-order valence-electron chi connectivity index (χ1n) is 9.90. The molecule has 0 aliphatic carbocycles. The number of hydrogen-bond donors (Lipinski definition) is 0. The van der Waals surface area contributed by atoms with Gasteiger partial charge in [-0.15, -0.1) is 0 Å². The SMILES string of the molecule is CC1(C)CCN(Cc2ccc(C3CN(C(=O)OC(C)(C)C)C3)cc2)CC1. The maximum Gasteiger partial charge on any atom is 0.410 e. The number of nitrogens with zero attached hydrogens (tertiary/aromatic N) is 2. The van der Waals surface area contributed by atoms with Crippen molar-refractivity contribution in [3.8, 4) is 0 Å². The number of amides is 1. The summed E-state index contributed by atoms with van der Waals surface area (Å²) in [4.78, 5) is 16.4. The second kappa shape index (κ2) is 7.22. The summed E-state index contributed by atoms with van der Waals surface area (Å²) in [5.41, 5.74) is 2.79. The minimum Gasteiger partial charge on any atom is -0.444 e. The van der Waals surface area contributed by atoms with E-state index < -0.39 is 5.60 Å². The van der Waals surface area contributed by atoms with Crippen LogP contribution in [0.3, 0.4) is 0 Å². The Hall–Kier alpha value is -1.55. The molecule has 2 heterocycles. The molecule has 2 aliphatic rings. The molecule has 26 heavy (non-hydrogen) atoms. The summed E-state index contributed by atoms with van der Waals surface area (Å²) in [5, 5.41) is 0. The molecule has 0 bridgehead atoms. The lowest BCUT2D eigenvalue weighted by Crippen LogP contribution is -2.50. The van der Waals surface area contributed by atoms with Crippen molar-refractivity contribution in [2.75, 3.05) is 26.2 Å². The monoisotopic (exact) mass is 358 g/mol. The Morgan fingerprint density at radius 2 is 1.69 bits per heavy atom. The molecule has 0 saturated carbocycles. The predicted molar refractivity (Wildman–Crippen MR) is 105 cm³/mol. The highest BCUT2D eigenvalue weighted by atomic mass is 16.6. The fourth-order valence-corrected chi connectivity index (χ4v) is 3.63. The highest BCUT2D eigenvalue weighted by Crippen LogP contribution is 2.31. The molecule has 0 spiro atoms. The predicted octanol–water partition coefficient (Wildman–Crippen LogP) is 4.64. The van der Waals surface area contributed by atoms with E-state index in [1.807, 2.05) is 20.8 Å². The van der Waals surface area contributed by atoms with Crippen molar-refractivity contribution in [3.05, 3.63) is 35.4 Å². The zero-order valence-electron chi connectivity index (χ0n) is 17.0. The van der Waals surface area contributed by atoms with Gasteiger partial charge in [0, 0.05) is 25.6 Å². The van der Waals surface area contributed by atoms with Crippen LogP contribution in [0.2, 0.25) is 0 Å². The van der Waals surface area contributed by atoms with Crippen molar-refractivity contribution >= 4 is 6.09 Å². The van der Waals surface area contributed by atoms with Crippen LogP contribution in [0.5, 0.6) is 0 Å². The number of piperidine rings is 1. The van der Waals surface area contributed by atoms with Gasteiger partial charge in [0.2, 0.25) is 0 Å². The van der Waals surface area contributed by atoms with Crippen LogP contribution in [0.4, 0.5) is 4.79 Å². The standard InChI is InChI=1S/C22H34N2O2/c1-21(2,3)26-20(25)24-15-19(16-24)18-8-6-17(7-9-18)14-23-12-10-22(4,5)11-13-23/h6-9,19H,10-16H2,1-5H3. The van der Waals surface area contributed by atoms with Crippen molar-refractivity contribution in [2.24, 2.45) is 5.41 Å². The number of carbonyl (C=O) groups excluding carboxylic acids is 1. The zero-order valence-corrected chi connectivity index (χ0v) is 17.0. The number of rotatable bonds is 3. The summed E-state index contributed by atoms with van der Waals surface area (Å²) in [6.45, 7) is 15.4. The van der Waals surface area contributed by atoms with Crippen LogP contribution in [0.15, 0.2) is 24.3 Å². The molecule has 2 aliphatic heterocycles. The average Bonchev–Trinajstić information content (AvgIpc) is 2.48. The fraction of sp³-hybridized carbons (Fsp3) is 0.682. The Balaban J connectivity index is 1.46. The smallest absolute Gasteiger partial charge is 0.410 e. The summed E-state index contributed by atoms with van der Waals surface area (Å²) in [6.07, 6.45) is 2.37. The largest absolute Gasteiger partial charge is 0.444 e. The van der Waals surface area contributed by atoms with E-state index in [9.17, 15) is 4.79 Å². The number of ether oxygens (including phenoxy) is 1.